The highest BCUT2D eigenvalue weighted by molar-refractivity contribution is 5.43. The van der Waals surface area contributed by atoms with Gasteiger partial charge in [0.05, 0.1) is 11.9 Å². The highest BCUT2D eigenvalue weighted by atomic mass is 15.1. The minimum absolute atomic E-state index is 0.656. The summed E-state index contributed by atoms with van der Waals surface area (Å²) in [7, 11) is 0. The fourth-order valence-corrected chi connectivity index (χ4v) is 2.03. The fourth-order valence-electron chi connectivity index (χ4n) is 2.03. The molecule has 1 unspecified atom stereocenters. The molecule has 1 atom stereocenters. The van der Waals surface area contributed by atoms with Crippen LogP contribution in [-0.4, -0.2) is 24.6 Å². The predicted molar refractivity (Wildman–Crippen MR) is 58.2 cm³/mol. The summed E-state index contributed by atoms with van der Waals surface area (Å²) in [5.41, 5.74) is 6.93. The van der Waals surface area contributed by atoms with Crippen LogP contribution in [0.4, 0.5) is 5.69 Å². The topological polar surface area (TPSA) is 42.1 Å². The average Bonchev–Trinajstić information content (AvgIpc) is 2.30. The second-order valence-corrected chi connectivity index (χ2v) is 3.90. The van der Waals surface area contributed by atoms with Gasteiger partial charge in [-0.25, -0.2) is 0 Å². The lowest BCUT2D eigenvalue weighted by atomic mass is 9.98. The van der Waals surface area contributed by atoms with Gasteiger partial charge in [-0.2, -0.15) is 0 Å². The molecule has 2 heterocycles. The van der Waals surface area contributed by atoms with Crippen molar-refractivity contribution in [1.82, 2.24) is 4.98 Å². The van der Waals surface area contributed by atoms with Crippen molar-refractivity contribution in [1.29, 1.82) is 0 Å². The van der Waals surface area contributed by atoms with Crippen molar-refractivity contribution in [2.45, 2.75) is 12.8 Å². The molecule has 1 fully saturated rings. The van der Waals surface area contributed by atoms with Crippen molar-refractivity contribution in [2.24, 2.45) is 11.7 Å². The molecule has 3 heteroatoms. The first-order valence-electron chi connectivity index (χ1n) is 5.25. The number of nitrogens with two attached hydrogens (primary N) is 1. The number of pyridine rings is 1. The van der Waals surface area contributed by atoms with Crippen molar-refractivity contribution in [3.05, 3.63) is 24.5 Å². The summed E-state index contributed by atoms with van der Waals surface area (Å²) in [6.07, 6.45) is 6.26. The van der Waals surface area contributed by atoms with E-state index >= 15 is 0 Å². The van der Waals surface area contributed by atoms with Gasteiger partial charge in [-0.3, -0.25) is 4.98 Å². The van der Waals surface area contributed by atoms with Gasteiger partial charge < -0.3 is 10.6 Å². The molecule has 1 aliphatic heterocycles. The minimum Gasteiger partial charge on any atom is -0.370 e. The summed E-state index contributed by atoms with van der Waals surface area (Å²) in [6, 6.07) is 4.10. The van der Waals surface area contributed by atoms with Gasteiger partial charge in [0.15, 0.2) is 0 Å². The van der Waals surface area contributed by atoms with Crippen LogP contribution in [0.25, 0.3) is 0 Å². The van der Waals surface area contributed by atoms with E-state index in [1.54, 1.807) is 0 Å². The van der Waals surface area contributed by atoms with E-state index in [0.717, 1.165) is 19.6 Å². The van der Waals surface area contributed by atoms with Crippen LogP contribution in [0.1, 0.15) is 12.8 Å². The maximum atomic E-state index is 5.70. The van der Waals surface area contributed by atoms with E-state index in [0.29, 0.717) is 5.92 Å². The number of anilines is 1. The lowest BCUT2D eigenvalue weighted by Crippen LogP contribution is -2.38. The standard InChI is InChI=1S/C11H17N3/c12-7-10-3-2-6-14(9-10)11-4-1-5-13-8-11/h1,4-5,8,10H,2-3,6-7,9,12H2. The van der Waals surface area contributed by atoms with E-state index < -0.39 is 0 Å². The molecule has 0 radical (unpaired) electrons. The Hall–Kier alpha value is -1.09. The van der Waals surface area contributed by atoms with Crippen molar-refractivity contribution in [3.8, 4) is 0 Å². The number of hydrogen-bond acceptors (Lipinski definition) is 3. The van der Waals surface area contributed by atoms with Crippen LogP contribution in [0.3, 0.4) is 0 Å². The van der Waals surface area contributed by atoms with E-state index in [1.165, 1.54) is 18.5 Å². The Morgan fingerprint density at radius 1 is 1.57 bits per heavy atom. The normalized spacial score (nSPS) is 22.4. The molecule has 0 bridgehead atoms. The van der Waals surface area contributed by atoms with Gasteiger partial charge >= 0.3 is 0 Å². The van der Waals surface area contributed by atoms with E-state index in [9.17, 15) is 0 Å². The summed E-state index contributed by atoms with van der Waals surface area (Å²) in [5.74, 6) is 0.656. The Bertz CT molecular complexity index is 273. The van der Waals surface area contributed by atoms with Crippen LogP contribution in [0.15, 0.2) is 24.5 Å². The largest absolute Gasteiger partial charge is 0.370 e. The Balaban J connectivity index is 2.04. The zero-order chi connectivity index (χ0) is 9.80. The molecule has 1 aliphatic rings. The molecule has 0 spiro atoms. The molecule has 1 aromatic rings. The Morgan fingerprint density at radius 2 is 2.50 bits per heavy atom. The Morgan fingerprint density at radius 3 is 3.21 bits per heavy atom. The van der Waals surface area contributed by atoms with Gasteiger partial charge in [-0.1, -0.05) is 0 Å². The SMILES string of the molecule is NCC1CCCN(c2cccnc2)C1. The van der Waals surface area contributed by atoms with E-state index in [1.807, 2.05) is 18.5 Å². The summed E-state index contributed by atoms with van der Waals surface area (Å²) >= 11 is 0. The molecule has 1 saturated heterocycles. The van der Waals surface area contributed by atoms with Crippen LogP contribution >= 0.6 is 0 Å². The molecule has 14 heavy (non-hydrogen) atoms. The molecule has 3 nitrogen and oxygen atoms in total. The lowest BCUT2D eigenvalue weighted by Gasteiger charge is -2.33. The molecule has 0 amide bonds. The number of aromatic nitrogens is 1. The van der Waals surface area contributed by atoms with Crippen molar-refractivity contribution < 1.29 is 0 Å². The number of rotatable bonds is 2. The van der Waals surface area contributed by atoms with Gasteiger partial charge in [0, 0.05) is 19.3 Å². The van der Waals surface area contributed by atoms with E-state index in [-0.39, 0.29) is 0 Å². The van der Waals surface area contributed by atoms with Crippen LogP contribution in [0, 0.1) is 5.92 Å². The van der Waals surface area contributed by atoms with Crippen LogP contribution in [0.2, 0.25) is 0 Å². The maximum Gasteiger partial charge on any atom is 0.0552 e. The molecule has 0 saturated carbocycles. The first-order valence-corrected chi connectivity index (χ1v) is 5.25. The zero-order valence-corrected chi connectivity index (χ0v) is 8.39. The third kappa shape index (κ3) is 2.04. The molecular weight excluding hydrogens is 174 g/mol. The summed E-state index contributed by atoms with van der Waals surface area (Å²) in [6.45, 7) is 3.03. The van der Waals surface area contributed by atoms with E-state index in [2.05, 4.69) is 16.0 Å². The van der Waals surface area contributed by atoms with Gasteiger partial charge in [0.1, 0.15) is 0 Å². The molecule has 0 aliphatic carbocycles. The average molecular weight is 191 g/mol. The fraction of sp³-hybridized carbons (Fsp3) is 0.545. The smallest absolute Gasteiger partial charge is 0.0552 e. The molecule has 0 aromatic carbocycles. The van der Waals surface area contributed by atoms with Gasteiger partial charge in [0.2, 0.25) is 0 Å². The molecule has 76 valence electrons. The second kappa shape index (κ2) is 4.42. The molecule has 1 aromatic heterocycles. The third-order valence-corrected chi connectivity index (χ3v) is 2.86. The quantitative estimate of drug-likeness (QED) is 0.765. The highest BCUT2D eigenvalue weighted by Crippen LogP contribution is 2.21. The molecular formula is C11H17N3. The van der Waals surface area contributed by atoms with Gasteiger partial charge in [-0.05, 0) is 37.4 Å². The third-order valence-electron chi connectivity index (χ3n) is 2.86. The first-order chi connectivity index (χ1) is 6.90. The van der Waals surface area contributed by atoms with Crippen molar-refractivity contribution >= 4 is 5.69 Å². The van der Waals surface area contributed by atoms with Crippen LogP contribution in [-0.2, 0) is 0 Å². The lowest BCUT2D eigenvalue weighted by molar-refractivity contribution is 0.423. The van der Waals surface area contributed by atoms with Crippen LogP contribution in [0.5, 0.6) is 0 Å². The summed E-state index contributed by atoms with van der Waals surface area (Å²) in [4.78, 5) is 6.52. The summed E-state index contributed by atoms with van der Waals surface area (Å²) in [5, 5.41) is 0. The number of nitrogens with zero attached hydrogens (tertiary/aromatic N) is 2. The van der Waals surface area contributed by atoms with E-state index in [4.69, 9.17) is 5.73 Å². The second-order valence-electron chi connectivity index (χ2n) is 3.90. The van der Waals surface area contributed by atoms with Crippen LogP contribution < -0.4 is 10.6 Å². The summed E-state index contributed by atoms with van der Waals surface area (Å²) < 4.78 is 0. The van der Waals surface area contributed by atoms with Gasteiger partial charge in [0.25, 0.3) is 0 Å². The van der Waals surface area contributed by atoms with Crippen molar-refractivity contribution in [2.75, 3.05) is 24.5 Å². The first kappa shape index (κ1) is 9.46. The minimum atomic E-state index is 0.656. The van der Waals surface area contributed by atoms with Gasteiger partial charge in [-0.15, -0.1) is 0 Å². The number of hydrogen-bond donors (Lipinski definition) is 1. The molecule has 2 N–H and O–H groups in total. The number of piperidine rings is 1. The van der Waals surface area contributed by atoms with Crippen molar-refractivity contribution in [3.63, 3.8) is 0 Å². The highest BCUT2D eigenvalue weighted by Gasteiger charge is 2.18. The predicted octanol–water partition coefficient (Wildman–Crippen LogP) is 1.26. The Labute approximate surface area is 84.9 Å². The Kier molecular flexibility index (Phi) is 2.99. The zero-order valence-electron chi connectivity index (χ0n) is 8.39. The monoisotopic (exact) mass is 191 g/mol. The molecule has 2 rings (SSSR count). The maximum absolute atomic E-state index is 5.70.